The van der Waals surface area contributed by atoms with Gasteiger partial charge in [0.15, 0.2) is 0 Å². The number of amides is 2. The van der Waals surface area contributed by atoms with Crippen molar-refractivity contribution >= 4 is 43.5 Å². The molecule has 7 nitrogen and oxygen atoms in total. The van der Waals surface area contributed by atoms with Crippen molar-refractivity contribution in [3.05, 3.63) is 63.6 Å². The van der Waals surface area contributed by atoms with E-state index in [2.05, 4.69) is 21.2 Å². The fraction of sp³-hybridized carbons (Fsp3) is 0.462. The summed E-state index contributed by atoms with van der Waals surface area (Å²) in [6.45, 7) is 9.35. The summed E-state index contributed by atoms with van der Waals surface area (Å²) >= 11 is 3.43. The summed E-state index contributed by atoms with van der Waals surface area (Å²) < 4.78 is 27.4. The van der Waals surface area contributed by atoms with Gasteiger partial charge in [0.1, 0.15) is 12.6 Å². The van der Waals surface area contributed by atoms with Gasteiger partial charge in [0.25, 0.3) is 0 Å². The first kappa shape index (κ1) is 28.8. The lowest BCUT2D eigenvalue weighted by Crippen LogP contribution is -2.53. The zero-order valence-electron chi connectivity index (χ0n) is 21.3. The summed E-state index contributed by atoms with van der Waals surface area (Å²) in [4.78, 5) is 28.4. The minimum absolute atomic E-state index is 0.0368. The smallest absolute Gasteiger partial charge is 0.244 e. The van der Waals surface area contributed by atoms with E-state index in [4.69, 9.17) is 0 Å². The second kappa shape index (κ2) is 12.5. The molecule has 0 unspecified atom stereocenters. The van der Waals surface area contributed by atoms with Gasteiger partial charge in [-0.2, -0.15) is 0 Å². The molecule has 0 aliphatic heterocycles. The van der Waals surface area contributed by atoms with Crippen molar-refractivity contribution in [3.8, 4) is 0 Å². The molecule has 0 spiro atoms. The fourth-order valence-electron chi connectivity index (χ4n) is 3.73. The van der Waals surface area contributed by atoms with Crippen LogP contribution in [-0.4, -0.2) is 50.0 Å². The third-order valence-corrected chi connectivity index (χ3v) is 8.13. The number of anilines is 1. The highest BCUT2D eigenvalue weighted by molar-refractivity contribution is 9.10. The number of rotatable bonds is 11. The molecule has 35 heavy (non-hydrogen) atoms. The van der Waals surface area contributed by atoms with Crippen LogP contribution in [0.3, 0.4) is 0 Å². The fourth-order valence-corrected chi connectivity index (χ4v) is 4.82. The first-order valence-corrected chi connectivity index (χ1v) is 14.4. The predicted molar refractivity (Wildman–Crippen MR) is 145 cm³/mol. The Morgan fingerprint density at radius 1 is 1.03 bits per heavy atom. The van der Waals surface area contributed by atoms with E-state index in [1.165, 1.54) is 4.90 Å². The van der Waals surface area contributed by atoms with Crippen LogP contribution in [0.15, 0.2) is 46.9 Å². The molecule has 0 heterocycles. The molecule has 2 aromatic rings. The number of hydrogen-bond acceptors (Lipinski definition) is 4. The number of benzene rings is 2. The van der Waals surface area contributed by atoms with Crippen LogP contribution in [-0.2, 0) is 26.2 Å². The van der Waals surface area contributed by atoms with Gasteiger partial charge < -0.3 is 10.2 Å². The van der Waals surface area contributed by atoms with E-state index >= 15 is 0 Å². The molecular weight excluding hydrogens is 530 g/mol. The number of aryl methyl sites for hydroxylation is 2. The molecule has 0 saturated heterocycles. The first-order chi connectivity index (χ1) is 16.4. The molecule has 9 heteroatoms. The van der Waals surface area contributed by atoms with Crippen molar-refractivity contribution in [1.82, 2.24) is 10.2 Å². The van der Waals surface area contributed by atoms with Crippen LogP contribution >= 0.6 is 15.9 Å². The molecule has 2 amide bonds. The van der Waals surface area contributed by atoms with Crippen LogP contribution in [0.25, 0.3) is 0 Å². The number of nitrogens with one attached hydrogen (secondary N) is 1. The molecule has 0 fully saturated rings. The van der Waals surface area contributed by atoms with E-state index in [9.17, 15) is 18.0 Å². The van der Waals surface area contributed by atoms with Gasteiger partial charge >= 0.3 is 0 Å². The zero-order valence-corrected chi connectivity index (χ0v) is 23.7. The van der Waals surface area contributed by atoms with Crippen LogP contribution < -0.4 is 9.62 Å². The van der Waals surface area contributed by atoms with Crippen LogP contribution in [0.4, 0.5) is 5.69 Å². The highest BCUT2D eigenvalue weighted by Gasteiger charge is 2.32. The van der Waals surface area contributed by atoms with Crippen LogP contribution in [0.2, 0.25) is 0 Å². The zero-order chi connectivity index (χ0) is 26.3. The Kier molecular flexibility index (Phi) is 10.3. The highest BCUT2D eigenvalue weighted by Crippen LogP contribution is 2.25. The van der Waals surface area contributed by atoms with Crippen LogP contribution in [0, 0.1) is 13.8 Å². The van der Waals surface area contributed by atoms with Gasteiger partial charge in [-0.05, 0) is 68.5 Å². The summed E-state index contributed by atoms with van der Waals surface area (Å²) in [5.41, 5.74) is 3.14. The number of sulfonamides is 1. The van der Waals surface area contributed by atoms with Gasteiger partial charge in [-0.3, -0.25) is 13.9 Å². The third kappa shape index (κ3) is 7.80. The molecule has 2 aromatic carbocycles. The average molecular weight is 567 g/mol. The molecule has 192 valence electrons. The maximum Gasteiger partial charge on any atom is 0.244 e. The maximum atomic E-state index is 13.7. The molecule has 2 atom stereocenters. The number of hydrogen-bond donors (Lipinski definition) is 1. The molecule has 0 aliphatic carbocycles. The minimum Gasteiger partial charge on any atom is -0.352 e. The number of halogens is 1. The van der Waals surface area contributed by atoms with E-state index in [1.807, 2.05) is 58.9 Å². The Morgan fingerprint density at radius 2 is 1.69 bits per heavy atom. The van der Waals surface area contributed by atoms with E-state index in [0.717, 1.165) is 38.1 Å². The number of carbonyl (C=O) groups is 2. The van der Waals surface area contributed by atoms with Crippen molar-refractivity contribution in [2.75, 3.05) is 17.1 Å². The summed E-state index contributed by atoms with van der Waals surface area (Å²) in [5, 5.41) is 2.98. The quantitative estimate of drug-likeness (QED) is 0.433. The van der Waals surface area contributed by atoms with E-state index < -0.39 is 28.5 Å². The van der Waals surface area contributed by atoms with Gasteiger partial charge in [-0.15, -0.1) is 0 Å². The summed E-state index contributed by atoms with van der Waals surface area (Å²) in [6.07, 6.45) is 2.24. The van der Waals surface area contributed by atoms with Crippen molar-refractivity contribution in [3.63, 3.8) is 0 Å². The molecular formula is C26H36BrN3O4S. The van der Waals surface area contributed by atoms with Crippen molar-refractivity contribution < 1.29 is 18.0 Å². The van der Waals surface area contributed by atoms with Gasteiger partial charge in [0.05, 0.1) is 11.9 Å². The Hall–Kier alpha value is -2.39. The third-order valence-electron chi connectivity index (χ3n) is 6.10. The molecule has 2 rings (SSSR count). The van der Waals surface area contributed by atoms with E-state index in [0.29, 0.717) is 12.1 Å². The van der Waals surface area contributed by atoms with Gasteiger partial charge in [-0.1, -0.05) is 54.0 Å². The van der Waals surface area contributed by atoms with Crippen molar-refractivity contribution in [2.24, 2.45) is 0 Å². The van der Waals surface area contributed by atoms with Gasteiger partial charge in [0.2, 0.25) is 21.8 Å². The Morgan fingerprint density at radius 3 is 2.23 bits per heavy atom. The molecule has 0 aromatic heterocycles. The number of nitrogens with zero attached hydrogens (tertiary/aromatic N) is 2. The normalized spacial score (nSPS) is 13.1. The highest BCUT2D eigenvalue weighted by atomic mass is 79.9. The summed E-state index contributed by atoms with van der Waals surface area (Å²) in [5.74, 6) is -0.681. The van der Waals surface area contributed by atoms with Crippen LogP contribution in [0.1, 0.15) is 50.3 Å². The standard InChI is InChI=1S/C26H36BrN3O4S/c1-7-20(5)28-26(32)24(8-2)29(16-21-12-10-9-11-18(21)3)25(31)17-30(35(6,33)34)22-13-14-23(27)19(4)15-22/h9-15,20,24H,7-8,16-17H2,1-6H3,(H,28,32)/t20-,24+/m0/s1. The van der Waals surface area contributed by atoms with Gasteiger partial charge in [-0.25, -0.2) is 8.42 Å². The lowest BCUT2D eigenvalue weighted by atomic mass is 10.1. The maximum absolute atomic E-state index is 13.7. The number of carbonyl (C=O) groups excluding carboxylic acids is 2. The topological polar surface area (TPSA) is 86.8 Å². The van der Waals surface area contributed by atoms with Crippen molar-refractivity contribution in [2.45, 2.75) is 66.1 Å². The second-order valence-corrected chi connectivity index (χ2v) is 11.7. The van der Waals surface area contributed by atoms with E-state index in [1.54, 1.807) is 18.2 Å². The van der Waals surface area contributed by atoms with Gasteiger partial charge in [0, 0.05) is 17.1 Å². The van der Waals surface area contributed by atoms with Crippen LogP contribution in [0.5, 0.6) is 0 Å². The molecule has 0 aliphatic rings. The summed E-state index contributed by atoms with van der Waals surface area (Å²) in [7, 11) is -3.76. The predicted octanol–water partition coefficient (Wildman–Crippen LogP) is 4.55. The Labute approximate surface area is 218 Å². The lowest BCUT2D eigenvalue weighted by molar-refractivity contribution is -0.140. The average Bonchev–Trinajstić information content (AvgIpc) is 2.79. The minimum atomic E-state index is -3.76. The van der Waals surface area contributed by atoms with Crippen molar-refractivity contribution in [1.29, 1.82) is 0 Å². The molecule has 0 radical (unpaired) electrons. The molecule has 0 bridgehead atoms. The lowest BCUT2D eigenvalue weighted by Gasteiger charge is -2.33. The van der Waals surface area contributed by atoms with E-state index in [-0.39, 0.29) is 18.5 Å². The molecule has 1 N–H and O–H groups in total. The summed E-state index contributed by atoms with van der Waals surface area (Å²) in [6, 6.07) is 12.0. The Bertz CT molecular complexity index is 1150. The first-order valence-electron chi connectivity index (χ1n) is 11.8. The largest absolute Gasteiger partial charge is 0.352 e. The molecule has 0 saturated carbocycles. The second-order valence-electron chi connectivity index (χ2n) is 8.89. The SMILES string of the molecule is CC[C@H](C(=O)N[C@@H](C)CC)N(Cc1ccccc1C)C(=O)CN(c1ccc(Br)c(C)c1)S(C)(=O)=O. The monoisotopic (exact) mass is 565 g/mol. The Balaban J connectivity index is 2.47.